The normalized spacial score (nSPS) is 12.3. The molecule has 1 amide bonds. The summed E-state index contributed by atoms with van der Waals surface area (Å²) in [5, 5.41) is 10.3. The molecular weight excluding hydrogens is 302 g/mol. The van der Waals surface area contributed by atoms with Gasteiger partial charge in [0, 0.05) is 12.7 Å². The van der Waals surface area contributed by atoms with Crippen LogP contribution < -0.4 is 4.90 Å². The van der Waals surface area contributed by atoms with Crippen LogP contribution in [0.3, 0.4) is 0 Å². The van der Waals surface area contributed by atoms with E-state index in [4.69, 9.17) is 0 Å². The summed E-state index contributed by atoms with van der Waals surface area (Å²) in [6.07, 6.45) is -0.140. The van der Waals surface area contributed by atoms with E-state index in [1.165, 1.54) is 0 Å². The monoisotopic (exact) mass is 323 g/mol. The molecule has 1 aromatic heterocycles. The van der Waals surface area contributed by atoms with Crippen molar-refractivity contribution in [3.05, 3.63) is 60.4 Å². The predicted molar refractivity (Wildman–Crippen MR) is 94.8 cm³/mol. The first-order valence-electron chi connectivity index (χ1n) is 8.06. The largest absolute Gasteiger partial charge is 0.385 e. The molecule has 3 rings (SSSR count). The smallest absolute Gasteiger partial charge is 0.246 e. The van der Waals surface area contributed by atoms with E-state index < -0.39 is 6.10 Å². The minimum absolute atomic E-state index is 0.0612. The van der Waals surface area contributed by atoms with Crippen molar-refractivity contribution >= 4 is 22.6 Å². The number of likely N-dealkylation sites (N-methyl/N-ethyl adjacent to an activating group) is 1. The second-order valence-electron chi connectivity index (χ2n) is 5.76. The standard InChI is InChI=1S/C19H21N3O2/c1-3-17(23)19-20-15-11-7-8-12-16(15)22(19)13-18(24)21(2)14-9-5-4-6-10-14/h4-12,17,23H,3,13H2,1-2H3/t17-/m1/s1. The highest BCUT2D eigenvalue weighted by molar-refractivity contribution is 5.93. The van der Waals surface area contributed by atoms with Gasteiger partial charge in [-0.3, -0.25) is 4.79 Å². The Bertz CT molecular complexity index is 842. The van der Waals surface area contributed by atoms with Crippen LogP contribution in [-0.4, -0.2) is 27.6 Å². The van der Waals surface area contributed by atoms with Crippen LogP contribution >= 0.6 is 0 Å². The Morgan fingerprint density at radius 1 is 1.17 bits per heavy atom. The highest BCUT2D eigenvalue weighted by Crippen LogP contribution is 2.23. The van der Waals surface area contributed by atoms with Crippen molar-refractivity contribution in [1.82, 2.24) is 9.55 Å². The summed E-state index contributed by atoms with van der Waals surface area (Å²) in [6, 6.07) is 17.1. The summed E-state index contributed by atoms with van der Waals surface area (Å²) in [5.74, 6) is 0.474. The Balaban J connectivity index is 1.95. The van der Waals surface area contributed by atoms with Crippen LogP contribution in [0, 0.1) is 0 Å². The van der Waals surface area contributed by atoms with Crippen LogP contribution in [0.25, 0.3) is 11.0 Å². The van der Waals surface area contributed by atoms with Gasteiger partial charge in [-0.1, -0.05) is 37.3 Å². The molecule has 0 aliphatic heterocycles. The molecule has 0 saturated carbocycles. The van der Waals surface area contributed by atoms with Gasteiger partial charge in [0.1, 0.15) is 18.5 Å². The molecule has 0 spiro atoms. The number of carbonyl (C=O) groups excluding carboxylic acids is 1. The number of carbonyl (C=O) groups is 1. The summed E-state index contributed by atoms with van der Waals surface area (Å²) in [6.45, 7) is 2.03. The molecule has 24 heavy (non-hydrogen) atoms. The molecule has 0 unspecified atom stereocenters. The zero-order valence-electron chi connectivity index (χ0n) is 13.9. The van der Waals surface area contributed by atoms with Crippen LogP contribution in [0.2, 0.25) is 0 Å². The number of imidazole rings is 1. The first kappa shape index (κ1) is 16.2. The first-order valence-corrected chi connectivity index (χ1v) is 8.06. The molecule has 0 radical (unpaired) electrons. The van der Waals surface area contributed by atoms with Crippen molar-refractivity contribution < 1.29 is 9.90 Å². The average Bonchev–Trinajstić information content (AvgIpc) is 2.99. The number of aromatic nitrogens is 2. The molecule has 3 aromatic rings. The molecular formula is C19H21N3O2. The Hall–Kier alpha value is -2.66. The second-order valence-corrected chi connectivity index (χ2v) is 5.76. The van der Waals surface area contributed by atoms with Gasteiger partial charge in [-0.25, -0.2) is 4.98 Å². The third-order valence-electron chi connectivity index (χ3n) is 4.18. The minimum atomic E-state index is -0.688. The van der Waals surface area contributed by atoms with E-state index in [0.717, 1.165) is 16.7 Å². The SMILES string of the molecule is CC[C@@H](O)c1nc2ccccc2n1CC(=O)N(C)c1ccccc1. The van der Waals surface area contributed by atoms with E-state index in [9.17, 15) is 9.90 Å². The van der Waals surface area contributed by atoms with Crippen LogP contribution in [0.15, 0.2) is 54.6 Å². The zero-order chi connectivity index (χ0) is 17.1. The maximum absolute atomic E-state index is 12.7. The number of aliphatic hydroxyl groups excluding tert-OH is 1. The van der Waals surface area contributed by atoms with Gasteiger partial charge < -0.3 is 14.6 Å². The third kappa shape index (κ3) is 3.03. The van der Waals surface area contributed by atoms with E-state index in [1.807, 2.05) is 66.1 Å². The van der Waals surface area contributed by atoms with Gasteiger partial charge in [-0.15, -0.1) is 0 Å². The number of anilines is 1. The molecule has 0 bridgehead atoms. The summed E-state index contributed by atoms with van der Waals surface area (Å²) in [7, 11) is 1.76. The van der Waals surface area contributed by atoms with E-state index in [2.05, 4.69) is 4.98 Å². The molecule has 0 saturated heterocycles. The number of amides is 1. The quantitative estimate of drug-likeness (QED) is 0.785. The maximum atomic E-state index is 12.7. The molecule has 0 aliphatic carbocycles. The minimum Gasteiger partial charge on any atom is -0.385 e. The summed E-state index contributed by atoms with van der Waals surface area (Å²) < 4.78 is 1.81. The fourth-order valence-electron chi connectivity index (χ4n) is 2.73. The van der Waals surface area contributed by atoms with E-state index >= 15 is 0 Å². The van der Waals surface area contributed by atoms with Crippen LogP contribution in [0.4, 0.5) is 5.69 Å². The Kier molecular flexibility index (Phi) is 4.62. The molecule has 1 N–H and O–H groups in total. The number of para-hydroxylation sites is 3. The van der Waals surface area contributed by atoms with Crippen molar-refractivity contribution in [3.8, 4) is 0 Å². The van der Waals surface area contributed by atoms with Crippen LogP contribution in [0.1, 0.15) is 25.3 Å². The topological polar surface area (TPSA) is 58.4 Å². The van der Waals surface area contributed by atoms with Gasteiger partial charge in [-0.05, 0) is 30.7 Å². The number of hydrogen-bond acceptors (Lipinski definition) is 3. The molecule has 124 valence electrons. The number of aliphatic hydroxyl groups is 1. The zero-order valence-corrected chi connectivity index (χ0v) is 13.9. The van der Waals surface area contributed by atoms with Crippen molar-refractivity contribution in [1.29, 1.82) is 0 Å². The third-order valence-corrected chi connectivity index (χ3v) is 4.18. The van der Waals surface area contributed by atoms with Gasteiger partial charge in [0.05, 0.1) is 11.0 Å². The number of benzene rings is 2. The van der Waals surface area contributed by atoms with Crippen molar-refractivity contribution in [3.63, 3.8) is 0 Å². The van der Waals surface area contributed by atoms with Gasteiger partial charge in [0.25, 0.3) is 0 Å². The van der Waals surface area contributed by atoms with Crippen LogP contribution in [0.5, 0.6) is 0 Å². The summed E-state index contributed by atoms with van der Waals surface area (Å²) in [4.78, 5) is 18.8. The molecule has 2 aromatic carbocycles. The summed E-state index contributed by atoms with van der Waals surface area (Å²) >= 11 is 0. The second kappa shape index (κ2) is 6.84. The fourth-order valence-corrected chi connectivity index (χ4v) is 2.73. The van der Waals surface area contributed by atoms with Crippen molar-refractivity contribution in [2.75, 3.05) is 11.9 Å². The van der Waals surface area contributed by atoms with Gasteiger partial charge in [-0.2, -0.15) is 0 Å². The van der Waals surface area contributed by atoms with Crippen LogP contribution in [-0.2, 0) is 11.3 Å². The summed E-state index contributed by atoms with van der Waals surface area (Å²) in [5.41, 5.74) is 2.48. The number of fused-ring (bicyclic) bond motifs is 1. The Morgan fingerprint density at radius 2 is 1.83 bits per heavy atom. The molecule has 5 heteroatoms. The van der Waals surface area contributed by atoms with E-state index in [-0.39, 0.29) is 12.5 Å². The van der Waals surface area contributed by atoms with E-state index in [0.29, 0.717) is 12.2 Å². The first-order chi connectivity index (χ1) is 11.6. The number of nitrogens with zero attached hydrogens (tertiary/aromatic N) is 3. The van der Waals surface area contributed by atoms with E-state index in [1.54, 1.807) is 11.9 Å². The lowest BCUT2D eigenvalue weighted by Crippen LogP contribution is -2.30. The lowest BCUT2D eigenvalue weighted by atomic mass is 10.2. The van der Waals surface area contributed by atoms with Crippen molar-refractivity contribution in [2.45, 2.75) is 26.0 Å². The Morgan fingerprint density at radius 3 is 2.54 bits per heavy atom. The van der Waals surface area contributed by atoms with Crippen molar-refractivity contribution in [2.24, 2.45) is 0 Å². The molecule has 0 aliphatic rings. The molecule has 0 fully saturated rings. The Labute approximate surface area is 141 Å². The number of rotatable bonds is 5. The average molecular weight is 323 g/mol. The molecule has 5 nitrogen and oxygen atoms in total. The predicted octanol–water partition coefficient (Wildman–Crippen LogP) is 3.14. The van der Waals surface area contributed by atoms with Gasteiger partial charge in [0.2, 0.25) is 5.91 Å². The fraction of sp³-hybridized carbons (Fsp3) is 0.263. The molecule has 1 heterocycles. The number of hydrogen-bond donors (Lipinski definition) is 1. The maximum Gasteiger partial charge on any atom is 0.246 e. The highest BCUT2D eigenvalue weighted by Gasteiger charge is 2.20. The lowest BCUT2D eigenvalue weighted by Gasteiger charge is -2.19. The highest BCUT2D eigenvalue weighted by atomic mass is 16.3. The lowest BCUT2D eigenvalue weighted by molar-refractivity contribution is -0.118. The molecule has 1 atom stereocenters. The van der Waals surface area contributed by atoms with Gasteiger partial charge >= 0.3 is 0 Å². The van der Waals surface area contributed by atoms with Gasteiger partial charge in [0.15, 0.2) is 0 Å².